The average Bonchev–Trinajstić information content (AvgIpc) is 2.65. The summed E-state index contributed by atoms with van der Waals surface area (Å²) in [7, 11) is 0. The lowest BCUT2D eigenvalue weighted by Gasteiger charge is -2.26. The van der Waals surface area contributed by atoms with E-state index in [9.17, 15) is 9.59 Å². The molecule has 1 saturated carbocycles. The van der Waals surface area contributed by atoms with Gasteiger partial charge >= 0.3 is 0 Å². The van der Waals surface area contributed by atoms with Crippen molar-refractivity contribution in [2.75, 3.05) is 10.6 Å². The quantitative estimate of drug-likeness (QED) is 0.737. The highest BCUT2D eigenvalue weighted by Crippen LogP contribution is 2.27. The van der Waals surface area contributed by atoms with E-state index in [1.807, 2.05) is 43.3 Å². The summed E-state index contributed by atoms with van der Waals surface area (Å²) in [4.78, 5) is 24.9. The van der Waals surface area contributed by atoms with E-state index in [0.29, 0.717) is 11.3 Å². The van der Waals surface area contributed by atoms with Gasteiger partial charge in [-0.1, -0.05) is 30.7 Å². The summed E-state index contributed by atoms with van der Waals surface area (Å²) in [5.41, 5.74) is 8.84. The number of halogens is 1. The Morgan fingerprint density at radius 3 is 2.30 bits per heavy atom. The lowest BCUT2D eigenvalue weighted by atomic mass is 9.85. The maximum absolute atomic E-state index is 12.6. The van der Waals surface area contributed by atoms with Gasteiger partial charge in [0.05, 0.1) is 0 Å². The van der Waals surface area contributed by atoms with Crippen molar-refractivity contribution in [1.29, 1.82) is 0 Å². The SMILES string of the molecule is Cc1c(NC(=O)c2ccccc2)cccc1NC(=O)C1CCCC(N)C1.Cl. The van der Waals surface area contributed by atoms with Crippen LogP contribution in [-0.2, 0) is 4.79 Å². The van der Waals surface area contributed by atoms with E-state index < -0.39 is 0 Å². The molecule has 2 unspecified atom stereocenters. The molecule has 5 nitrogen and oxygen atoms in total. The Kier molecular flexibility index (Phi) is 7.39. The standard InChI is InChI=1S/C21H25N3O2.ClH/c1-14-18(23-20(25)15-7-3-2-4-8-15)11-6-12-19(14)24-21(26)16-9-5-10-17(22)13-16;/h2-4,6-8,11-12,16-17H,5,9-10,13,22H2,1H3,(H,23,25)(H,24,26);1H. The van der Waals surface area contributed by atoms with Gasteiger partial charge < -0.3 is 16.4 Å². The predicted octanol–water partition coefficient (Wildman–Crippen LogP) is 4.13. The maximum atomic E-state index is 12.6. The first kappa shape index (κ1) is 20.9. The lowest BCUT2D eigenvalue weighted by Crippen LogP contribution is -2.34. The molecule has 27 heavy (non-hydrogen) atoms. The van der Waals surface area contributed by atoms with Gasteiger partial charge in [-0.15, -0.1) is 12.4 Å². The van der Waals surface area contributed by atoms with Crippen molar-refractivity contribution in [2.45, 2.75) is 38.6 Å². The van der Waals surface area contributed by atoms with Gasteiger partial charge in [0.25, 0.3) is 5.91 Å². The predicted molar refractivity (Wildman–Crippen MR) is 111 cm³/mol. The summed E-state index contributed by atoms with van der Waals surface area (Å²) in [6.45, 7) is 1.89. The van der Waals surface area contributed by atoms with Gasteiger partial charge in [0.2, 0.25) is 5.91 Å². The van der Waals surface area contributed by atoms with Crippen LogP contribution in [0.4, 0.5) is 11.4 Å². The molecule has 1 aliphatic rings. The largest absolute Gasteiger partial charge is 0.328 e. The number of nitrogens with one attached hydrogen (secondary N) is 2. The summed E-state index contributed by atoms with van der Waals surface area (Å²) >= 11 is 0. The second-order valence-electron chi connectivity index (χ2n) is 6.91. The smallest absolute Gasteiger partial charge is 0.255 e. The molecular weight excluding hydrogens is 362 g/mol. The van der Waals surface area contributed by atoms with Crippen LogP contribution in [0, 0.1) is 12.8 Å². The van der Waals surface area contributed by atoms with Crippen LogP contribution < -0.4 is 16.4 Å². The Hall–Kier alpha value is -2.37. The molecule has 0 radical (unpaired) electrons. The fourth-order valence-electron chi connectivity index (χ4n) is 3.39. The van der Waals surface area contributed by atoms with Crippen molar-refractivity contribution in [2.24, 2.45) is 11.7 Å². The number of nitrogens with two attached hydrogens (primary N) is 1. The topological polar surface area (TPSA) is 84.2 Å². The van der Waals surface area contributed by atoms with Gasteiger partial charge in [-0.05, 0) is 56.0 Å². The van der Waals surface area contributed by atoms with Crippen molar-refractivity contribution in [3.8, 4) is 0 Å². The number of rotatable bonds is 4. The minimum Gasteiger partial charge on any atom is -0.328 e. The Bertz CT molecular complexity index is 795. The average molecular weight is 388 g/mol. The van der Waals surface area contributed by atoms with Gasteiger partial charge in [0, 0.05) is 28.9 Å². The fraction of sp³-hybridized carbons (Fsp3) is 0.333. The second-order valence-corrected chi connectivity index (χ2v) is 6.91. The highest BCUT2D eigenvalue weighted by molar-refractivity contribution is 6.05. The molecule has 144 valence electrons. The molecule has 0 spiro atoms. The van der Waals surface area contributed by atoms with Crippen LogP contribution in [-0.4, -0.2) is 17.9 Å². The van der Waals surface area contributed by atoms with Crippen molar-refractivity contribution in [3.05, 3.63) is 59.7 Å². The van der Waals surface area contributed by atoms with E-state index in [0.717, 1.165) is 36.9 Å². The zero-order valence-electron chi connectivity index (χ0n) is 15.4. The van der Waals surface area contributed by atoms with E-state index in [2.05, 4.69) is 10.6 Å². The van der Waals surface area contributed by atoms with Gasteiger partial charge in [-0.2, -0.15) is 0 Å². The van der Waals surface area contributed by atoms with E-state index >= 15 is 0 Å². The second kappa shape index (κ2) is 9.53. The number of benzene rings is 2. The normalized spacial score (nSPS) is 18.9. The third-order valence-electron chi connectivity index (χ3n) is 4.96. The van der Waals surface area contributed by atoms with Crippen LogP contribution in [0.25, 0.3) is 0 Å². The van der Waals surface area contributed by atoms with Crippen molar-refractivity contribution in [1.82, 2.24) is 0 Å². The molecule has 1 aliphatic carbocycles. The number of anilines is 2. The summed E-state index contributed by atoms with van der Waals surface area (Å²) < 4.78 is 0. The maximum Gasteiger partial charge on any atom is 0.255 e. The van der Waals surface area contributed by atoms with E-state index in [-0.39, 0.29) is 36.2 Å². The summed E-state index contributed by atoms with van der Waals surface area (Å²) in [5, 5.41) is 5.92. The summed E-state index contributed by atoms with van der Waals surface area (Å²) in [6.07, 6.45) is 3.59. The third kappa shape index (κ3) is 5.31. The third-order valence-corrected chi connectivity index (χ3v) is 4.96. The molecule has 0 aliphatic heterocycles. The van der Waals surface area contributed by atoms with Crippen LogP contribution >= 0.6 is 12.4 Å². The van der Waals surface area contributed by atoms with Crippen LogP contribution in [0.15, 0.2) is 48.5 Å². The Morgan fingerprint density at radius 2 is 1.63 bits per heavy atom. The van der Waals surface area contributed by atoms with Gasteiger partial charge in [0.15, 0.2) is 0 Å². The monoisotopic (exact) mass is 387 g/mol. The Labute approximate surface area is 166 Å². The number of hydrogen-bond acceptors (Lipinski definition) is 3. The van der Waals surface area contributed by atoms with E-state index in [4.69, 9.17) is 5.73 Å². The van der Waals surface area contributed by atoms with E-state index in [1.165, 1.54) is 0 Å². The molecular formula is C21H26ClN3O2. The minimum atomic E-state index is -0.171. The molecule has 2 aromatic rings. The Morgan fingerprint density at radius 1 is 0.963 bits per heavy atom. The first-order valence-electron chi connectivity index (χ1n) is 9.07. The molecule has 0 bridgehead atoms. The molecule has 2 amide bonds. The molecule has 4 N–H and O–H groups in total. The van der Waals surface area contributed by atoms with Crippen molar-refractivity contribution < 1.29 is 9.59 Å². The van der Waals surface area contributed by atoms with Crippen LogP contribution in [0.1, 0.15) is 41.6 Å². The number of hydrogen-bond donors (Lipinski definition) is 3. The zero-order chi connectivity index (χ0) is 18.5. The van der Waals surface area contributed by atoms with Crippen LogP contribution in [0.3, 0.4) is 0 Å². The van der Waals surface area contributed by atoms with Gasteiger partial charge in [-0.25, -0.2) is 0 Å². The molecule has 3 rings (SSSR count). The van der Waals surface area contributed by atoms with Crippen LogP contribution in [0.5, 0.6) is 0 Å². The summed E-state index contributed by atoms with van der Waals surface area (Å²) in [5.74, 6) is -0.203. The first-order chi connectivity index (χ1) is 12.5. The number of carbonyl (C=O) groups is 2. The first-order valence-corrected chi connectivity index (χ1v) is 9.07. The van der Waals surface area contributed by atoms with Crippen LogP contribution in [0.2, 0.25) is 0 Å². The highest BCUT2D eigenvalue weighted by Gasteiger charge is 2.25. The van der Waals surface area contributed by atoms with Gasteiger partial charge in [0.1, 0.15) is 0 Å². The molecule has 0 aromatic heterocycles. The summed E-state index contributed by atoms with van der Waals surface area (Å²) in [6, 6.07) is 14.7. The highest BCUT2D eigenvalue weighted by atomic mass is 35.5. The fourth-order valence-corrected chi connectivity index (χ4v) is 3.39. The molecule has 0 saturated heterocycles. The van der Waals surface area contributed by atoms with Crippen molar-refractivity contribution >= 4 is 35.6 Å². The van der Waals surface area contributed by atoms with E-state index in [1.54, 1.807) is 12.1 Å². The lowest BCUT2D eigenvalue weighted by molar-refractivity contribution is -0.120. The molecule has 1 fully saturated rings. The molecule has 0 heterocycles. The van der Waals surface area contributed by atoms with Crippen molar-refractivity contribution in [3.63, 3.8) is 0 Å². The van der Waals surface area contributed by atoms with Gasteiger partial charge in [-0.3, -0.25) is 9.59 Å². The number of amides is 2. The number of carbonyl (C=O) groups excluding carboxylic acids is 2. The molecule has 2 aromatic carbocycles. The zero-order valence-corrected chi connectivity index (χ0v) is 16.2. The molecule has 2 atom stereocenters. The Balaban J connectivity index is 0.00000261. The minimum absolute atomic E-state index is 0. The molecule has 6 heteroatoms.